The fourth-order valence-corrected chi connectivity index (χ4v) is 3.54. The number of benzene rings is 1. The molecule has 0 aliphatic carbocycles. The summed E-state index contributed by atoms with van der Waals surface area (Å²) in [7, 11) is 0. The van der Waals surface area contributed by atoms with E-state index in [0.717, 1.165) is 29.8 Å². The minimum Gasteiger partial charge on any atom is -0.379 e. The molecule has 2 heteroatoms. The number of aryl methyl sites for hydroxylation is 2. The molecule has 1 unspecified atom stereocenters. The molecule has 2 nitrogen and oxygen atoms in total. The van der Waals surface area contributed by atoms with Crippen LogP contribution in [0.2, 0.25) is 0 Å². The Bertz CT molecular complexity index is 716. The zero-order valence-corrected chi connectivity index (χ0v) is 16.6. The van der Waals surface area contributed by atoms with Crippen LogP contribution < -0.4 is 5.32 Å². The quantitative estimate of drug-likeness (QED) is 0.702. The van der Waals surface area contributed by atoms with Crippen molar-refractivity contribution >= 4 is 5.70 Å². The van der Waals surface area contributed by atoms with E-state index in [1.54, 1.807) is 0 Å². The average Bonchev–Trinajstić information content (AvgIpc) is 2.55. The molecule has 1 aromatic carbocycles. The van der Waals surface area contributed by atoms with Gasteiger partial charge in [-0.3, -0.25) is 4.98 Å². The van der Waals surface area contributed by atoms with Crippen LogP contribution in [0, 0.1) is 19.8 Å². The molecule has 1 aromatic heterocycles. The maximum atomic E-state index is 4.54. The van der Waals surface area contributed by atoms with E-state index in [1.807, 2.05) is 6.20 Å². The molecule has 25 heavy (non-hydrogen) atoms. The first kappa shape index (κ1) is 19.2. The number of nitrogens with one attached hydrogen (secondary N) is 1. The van der Waals surface area contributed by atoms with Gasteiger partial charge in [-0.15, -0.1) is 0 Å². The van der Waals surface area contributed by atoms with E-state index in [0.29, 0.717) is 5.92 Å². The Hall–Kier alpha value is -2.09. The highest BCUT2D eigenvalue weighted by Crippen LogP contribution is 2.26. The van der Waals surface area contributed by atoms with Gasteiger partial charge in [-0.05, 0) is 63.6 Å². The lowest BCUT2D eigenvalue weighted by Gasteiger charge is -2.35. The molecule has 0 fully saturated rings. The number of pyridine rings is 1. The third kappa shape index (κ3) is 5.45. The molecule has 1 atom stereocenters. The monoisotopic (exact) mass is 336 g/mol. The fraction of sp³-hybridized carbons (Fsp3) is 0.435. The maximum Gasteiger partial charge on any atom is 0.0402 e. The molecule has 134 valence electrons. The SMILES string of the molecule is C/C=C(\NC(C)(Cc1ccccc1)CC(C)C)c1cnc(C)c(C)c1. The Balaban J connectivity index is 2.28. The third-order valence-electron chi connectivity index (χ3n) is 4.67. The Kier molecular flexibility index (Phi) is 6.41. The van der Waals surface area contributed by atoms with Gasteiger partial charge in [-0.25, -0.2) is 0 Å². The lowest BCUT2D eigenvalue weighted by Crippen LogP contribution is -2.44. The average molecular weight is 337 g/mol. The first-order valence-corrected chi connectivity index (χ1v) is 9.25. The predicted molar refractivity (Wildman–Crippen MR) is 109 cm³/mol. The van der Waals surface area contributed by atoms with Gasteiger partial charge >= 0.3 is 0 Å². The van der Waals surface area contributed by atoms with Crippen molar-refractivity contribution in [3.63, 3.8) is 0 Å². The van der Waals surface area contributed by atoms with Gasteiger partial charge in [0.15, 0.2) is 0 Å². The van der Waals surface area contributed by atoms with E-state index in [2.05, 4.69) is 94.3 Å². The van der Waals surface area contributed by atoms with E-state index in [4.69, 9.17) is 0 Å². The van der Waals surface area contributed by atoms with Crippen molar-refractivity contribution in [2.75, 3.05) is 0 Å². The summed E-state index contributed by atoms with van der Waals surface area (Å²) in [5.74, 6) is 0.622. The number of allylic oxidation sites excluding steroid dienone is 1. The van der Waals surface area contributed by atoms with E-state index >= 15 is 0 Å². The summed E-state index contributed by atoms with van der Waals surface area (Å²) in [6.07, 6.45) is 6.25. The van der Waals surface area contributed by atoms with Crippen LogP contribution in [0.5, 0.6) is 0 Å². The zero-order chi connectivity index (χ0) is 18.4. The van der Waals surface area contributed by atoms with Crippen LogP contribution in [-0.4, -0.2) is 10.5 Å². The highest BCUT2D eigenvalue weighted by molar-refractivity contribution is 5.64. The summed E-state index contributed by atoms with van der Waals surface area (Å²) in [6, 6.07) is 13.0. The summed E-state index contributed by atoms with van der Waals surface area (Å²) in [5, 5.41) is 3.84. The van der Waals surface area contributed by atoms with Gasteiger partial charge in [0.05, 0.1) is 0 Å². The molecular formula is C23H32N2. The van der Waals surface area contributed by atoms with Gasteiger partial charge in [0, 0.05) is 28.7 Å². The molecule has 1 N–H and O–H groups in total. The van der Waals surface area contributed by atoms with Gasteiger partial charge < -0.3 is 5.32 Å². The number of hydrogen-bond acceptors (Lipinski definition) is 2. The molecule has 0 aliphatic rings. The van der Waals surface area contributed by atoms with Gasteiger partial charge in [-0.1, -0.05) is 50.3 Å². The molecule has 2 rings (SSSR count). The van der Waals surface area contributed by atoms with E-state index in [1.165, 1.54) is 11.1 Å². The summed E-state index contributed by atoms with van der Waals surface area (Å²) < 4.78 is 0. The molecule has 0 saturated carbocycles. The van der Waals surface area contributed by atoms with Crippen LogP contribution in [0.25, 0.3) is 5.70 Å². The third-order valence-corrected chi connectivity index (χ3v) is 4.67. The zero-order valence-electron chi connectivity index (χ0n) is 16.6. The maximum absolute atomic E-state index is 4.54. The second-order valence-corrected chi connectivity index (χ2v) is 7.77. The summed E-state index contributed by atoms with van der Waals surface area (Å²) in [6.45, 7) is 13.2. The van der Waals surface area contributed by atoms with Crippen LogP contribution >= 0.6 is 0 Å². The normalized spacial score (nSPS) is 14.4. The Morgan fingerprint density at radius 1 is 1.20 bits per heavy atom. The molecule has 0 amide bonds. The Labute approximate surface area is 153 Å². The first-order valence-electron chi connectivity index (χ1n) is 9.25. The minimum atomic E-state index is -0.00382. The molecule has 0 saturated heterocycles. The molecule has 0 radical (unpaired) electrons. The van der Waals surface area contributed by atoms with Crippen molar-refractivity contribution in [1.82, 2.24) is 10.3 Å². The van der Waals surface area contributed by atoms with E-state index in [-0.39, 0.29) is 5.54 Å². The molecule has 0 bridgehead atoms. The number of aromatic nitrogens is 1. The van der Waals surface area contributed by atoms with Crippen molar-refractivity contribution in [3.05, 3.63) is 71.1 Å². The second kappa shape index (κ2) is 8.33. The summed E-state index contributed by atoms with van der Waals surface area (Å²) >= 11 is 0. The highest BCUT2D eigenvalue weighted by atomic mass is 15.0. The molecule has 0 spiro atoms. The fourth-order valence-electron chi connectivity index (χ4n) is 3.54. The smallest absolute Gasteiger partial charge is 0.0402 e. The Morgan fingerprint density at radius 3 is 2.44 bits per heavy atom. The lowest BCUT2D eigenvalue weighted by atomic mass is 9.84. The first-order chi connectivity index (χ1) is 11.8. The number of rotatable bonds is 7. The summed E-state index contributed by atoms with van der Waals surface area (Å²) in [4.78, 5) is 4.54. The molecule has 0 aliphatic heterocycles. The van der Waals surface area contributed by atoms with Crippen molar-refractivity contribution in [2.24, 2.45) is 5.92 Å². The van der Waals surface area contributed by atoms with Crippen molar-refractivity contribution in [3.8, 4) is 0 Å². The van der Waals surface area contributed by atoms with Crippen molar-refractivity contribution in [2.45, 2.75) is 59.9 Å². The number of hydrogen-bond donors (Lipinski definition) is 1. The topological polar surface area (TPSA) is 24.9 Å². The van der Waals surface area contributed by atoms with Gasteiger partial charge in [0.2, 0.25) is 0 Å². The number of nitrogens with zero attached hydrogens (tertiary/aromatic N) is 1. The lowest BCUT2D eigenvalue weighted by molar-refractivity contribution is 0.326. The van der Waals surface area contributed by atoms with Crippen molar-refractivity contribution in [1.29, 1.82) is 0 Å². The van der Waals surface area contributed by atoms with Crippen LogP contribution in [-0.2, 0) is 6.42 Å². The van der Waals surface area contributed by atoms with Gasteiger partial charge in [0.1, 0.15) is 0 Å². The molecular weight excluding hydrogens is 304 g/mol. The predicted octanol–water partition coefficient (Wildman–Crippen LogP) is 5.70. The van der Waals surface area contributed by atoms with Gasteiger partial charge in [-0.2, -0.15) is 0 Å². The van der Waals surface area contributed by atoms with Crippen LogP contribution in [0.1, 0.15) is 56.5 Å². The highest BCUT2D eigenvalue weighted by Gasteiger charge is 2.27. The van der Waals surface area contributed by atoms with Gasteiger partial charge in [0.25, 0.3) is 0 Å². The van der Waals surface area contributed by atoms with Crippen molar-refractivity contribution < 1.29 is 0 Å². The molecule has 2 aromatic rings. The van der Waals surface area contributed by atoms with Crippen LogP contribution in [0.3, 0.4) is 0 Å². The second-order valence-electron chi connectivity index (χ2n) is 7.77. The van der Waals surface area contributed by atoms with E-state index < -0.39 is 0 Å². The van der Waals surface area contributed by atoms with Crippen LogP contribution in [0.15, 0.2) is 48.7 Å². The summed E-state index contributed by atoms with van der Waals surface area (Å²) in [5.41, 5.74) is 6.01. The standard InChI is InChI=1S/C23H32N2/c1-7-22(21-13-18(4)19(5)24-16-21)25-23(6,14-17(2)3)15-20-11-9-8-10-12-20/h7-13,16-17,25H,14-15H2,1-6H3/b22-7-. The Morgan fingerprint density at radius 2 is 1.88 bits per heavy atom. The molecule has 1 heterocycles. The largest absolute Gasteiger partial charge is 0.379 e. The minimum absolute atomic E-state index is 0.00382. The van der Waals surface area contributed by atoms with Crippen LogP contribution in [0.4, 0.5) is 0 Å². The van der Waals surface area contributed by atoms with E-state index in [9.17, 15) is 0 Å².